The third kappa shape index (κ3) is 8.37. The number of benzene rings is 1. The van der Waals surface area contributed by atoms with Gasteiger partial charge in [0.15, 0.2) is 0 Å². The van der Waals surface area contributed by atoms with E-state index in [1.165, 1.54) is 50.7 Å². The SMILES string of the molecule is CCCCCCCCCCCOC(=O)c1cccc(C(F)(F)F)c1. The van der Waals surface area contributed by atoms with Gasteiger partial charge in [-0.05, 0) is 24.6 Å². The van der Waals surface area contributed by atoms with Crippen molar-refractivity contribution in [3.05, 3.63) is 35.4 Å². The molecule has 5 heteroatoms. The largest absolute Gasteiger partial charge is 0.462 e. The van der Waals surface area contributed by atoms with Gasteiger partial charge in [0.2, 0.25) is 0 Å². The van der Waals surface area contributed by atoms with Crippen LogP contribution >= 0.6 is 0 Å². The highest BCUT2D eigenvalue weighted by atomic mass is 19.4. The zero-order chi connectivity index (χ0) is 17.8. The van der Waals surface area contributed by atoms with Gasteiger partial charge in [-0.25, -0.2) is 4.79 Å². The first-order valence-corrected chi connectivity index (χ1v) is 8.79. The van der Waals surface area contributed by atoms with E-state index in [4.69, 9.17) is 4.74 Å². The molecule has 0 saturated carbocycles. The first kappa shape index (κ1) is 20.5. The van der Waals surface area contributed by atoms with Crippen molar-refractivity contribution in [3.63, 3.8) is 0 Å². The molecule has 0 radical (unpaired) electrons. The molecule has 24 heavy (non-hydrogen) atoms. The second kappa shape index (κ2) is 11.1. The Kier molecular flexibility index (Phi) is 9.50. The third-order valence-electron chi connectivity index (χ3n) is 3.91. The first-order valence-electron chi connectivity index (χ1n) is 8.79. The maximum Gasteiger partial charge on any atom is 0.416 e. The Hall–Kier alpha value is -1.52. The fourth-order valence-corrected chi connectivity index (χ4v) is 2.48. The van der Waals surface area contributed by atoms with Crippen LogP contribution in [0.3, 0.4) is 0 Å². The molecule has 0 bridgehead atoms. The molecule has 0 spiro atoms. The van der Waals surface area contributed by atoms with Gasteiger partial charge in [0, 0.05) is 0 Å². The predicted molar refractivity (Wildman–Crippen MR) is 89.0 cm³/mol. The van der Waals surface area contributed by atoms with Crippen LogP contribution in [0, 0.1) is 0 Å². The highest BCUT2D eigenvalue weighted by molar-refractivity contribution is 5.89. The van der Waals surface area contributed by atoms with E-state index in [0.29, 0.717) is 0 Å². The molecule has 2 nitrogen and oxygen atoms in total. The molecule has 1 rings (SSSR count). The van der Waals surface area contributed by atoms with Crippen LogP contribution in [0.25, 0.3) is 0 Å². The highest BCUT2D eigenvalue weighted by Crippen LogP contribution is 2.29. The normalized spacial score (nSPS) is 11.5. The average Bonchev–Trinajstić information content (AvgIpc) is 2.55. The molecule has 0 N–H and O–H groups in total. The monoisotopic (exact) mass is 344 g/mol. The minimum absolute atomic E-state index is 0.0549. The molecule has 1 aromatic carbocycles. The Bertz CT molecular complexity index is 484. The zero-order valence-electron chi connectivity index (χ0n) is 14.3. The lowest BCUT2D eigenvalue weighted by atomic mass is 10.1. The Balaban J connectivity index is 2.16. The molecule has 0 aliphatic carbocycles. The lowest BCUT2D eigenvalue weighted by Gasteiger charge is -2.09. The second-order valence-corrected chi connectivity index (χ2v) is 6.04. The van der Waals surface area contributed by atoms with Crippen LogP contribution < -0.4 is 0 Å². The fourth-order valence-electron chi connectivity index (χ4n) is 2.48. The van der Waals surface area contributed by atoms with Crippen LogP contribution in [0.5, 0.6) is 0 Å². The van der Waals surface area contributed by atoms with E-state index in [0.717, 1.165) is 31.4 Å². The van der Waals surface area contributed by atoms with E-state index in [-0.39, 0.29) is 12.2 Å². The summed E-state index contributed by atoms with van der Waals surface area (Å²) in [6.07, 6.45) is 5.92. The summed E-state index contributed by atoms with van der Waals surface area (Å²) in [7, 11) is 0. The molecule has 0 unspecified atom stereocenters. The summed E-state index contributed by atoms with van der Waals surface area (Å²) in [6, 6.07) is 4.34. The fraction of sp³-hybridized carbons (Fsp3) is 0.632. The number of carbonyl (C=O) groups is 1. The van der Waals surface area contributed by atoms with Gasteiger partial charge in [-0.2, -0.15) is 13.2 Å². The topological polar surface area (TPSA) is 26.3 Å². The summed E-state index contributed by atoms with van der Waals surface area (Å²) >= 11 is 0. The summed E-state index contributed by atoms with van der Waals surface area (Å²) in [6.45, 7) is 2.45. The smallest absolute Gasteiger partial charge is 0.416 e. The molecule has 1 aromatic rings. The molecule has 0 amide bonds. The molecule has 0 aliphatic rings. The number of hydrogen-bond acceptors (Lipinski definition) is 2. The van der Waals surface area contributed by atoms with Crippen molar-refractivity contribution in [1.29, 1.82) is 0 Å². The molecule has 0 heterocycles. The highest BCUT2D eigenvalue weighted by Gasteiger charge is 2.31. The Labute approximate surface area is 142 Å². The summed E-state index contributed by atoms with van der Waals surface area (Å²) in [5, 5.41) is 0. The third-order valence-corrected chi connectivity index (χ3v) is 3.91. The van der Waals surface area contributed by atoms with Gasteiger partial charge in [0.05, 0.1) is 17.7 Å². The minimum atomic E-state index is -4.45. The van der Waals surface area contributed by atoms with Crippen molar-refractivity contribution >= 4 is 5.97 Å². The van der Waals surface area contributed by atoms with E-state index in [1.54, 1.807) is 0 Å². The standard InChI is InChI=1S/C19H27F3O2/c1-2-3-4-5-6-7-8-9-10-14-24-18(23)16-12-11-13-17(15-16)19(20,21)22/h11-13,15H,2-10,14H2,1H3. The van der Waals surface area contributed by atoms with Crippen LogP contribution in [0.2, 0.25) is 0 Å². The van der Waals surface area contributed by atoms with Gasteiger partial charge in [-0.15, -0.1) is 0 Å². The van der Waals surface area contributed by atoms with Crippen molar-refractivity contribution < 1.29 is 22.7 Å². The van der Waals surface area contributed by atoms with Crippen LogP contribution in [-0.4, -0.2) is 12.6 Å². The summed E-state index contributed by atoms with van der Waals surface area (Å²) < 4.78 is 42.9. The van der Waals surface area contributed by atoms with E-state index in [1.807, 2.05) is 0 Å². The van der Waals surface area contributed by atoms with Crippen molar-refractivity contribution in [3.8, 4) is 0 Å². The van der Waals surface area contributed by atoms with Crippen LogP contribution in [0.4, 0.5) is 13.2 Å². The van der Waals surface area contributed by atoms with Crippen LogP contribution in [0.15, 0.2) is 24.3 Å². The zero-order valence-corrected chi connectivity index (χ0v) is 14.3. The number of unbranched alkanes of at least 4 members (excludes halogenated alkanes) is 8. The average molecular weight is 344 g/mol. The molecule has 0 aromatic heterocycles. The maximum absolute atomic E-state index is 12.6. The second-order valence-electron chi connectivity index (χ2n) is 6.04. The van der Waals surface area contributed by atoms with E-state index < -0.39 is 17.7 Å². The molecule has 0 fully saturated rings. The van der Waals surface area contributed by atoms with Crippen molar-refractivity contribution in [2.24, 2.45) is 0 Å². The van der Waals surface area contributed by atoms with Gasteiger partial charge >= 0.3 is 12.1 Å². The van der Waals surface area contributed by atoms with Gasteiger partial charge in [0.1, 0.15) is 0 Å². The molecular weight excluding hydrogens is 317 g/mol. The summed E-state index contributed by atoms with van der Waals surface area (Å²) in [4.78, 5) is 11.8. The van der Waals surface area contributed by atoms with Crippen LogP contribution in [0.1, 0.15) is 80.6 Å². The predicted octanol–water partition coefficient (Wildman–Crippen LogP) is 6.39. The maximum atomic E-state index is 12.6. The number of alkyl halides is 3. The van der Waals surface area contributed by atoms with E-state index >= 15 is 0 Å². The number of rotatable bonds is 11. The quantitative estimate of drug-likeness (QED) is 0.343. The lowest BCUT2D eigenvalue weighted by molar-refractivity contribution is -0.137. The Morgan fingerprint density at radius 3 is 2.12 bits per heavy atom. The minimum Gasteiger partial charge on any atom is -0.462 e. The van der Waals surface area contributed by atoms with E-state index in [9.17, 15) is 18.0 Å². The summed E-state index contributed by atoms with van der Waals surface area (Å²) in [5.41, 5.74) is -0.888. The van der Waals surface area contributed by atoms with E-state index in [2.05, 4.69) is 6.92 Å². The Morgan fingerprint density at radius 2 is 1.54 bits per heavy atom. The van der Waals surface area contributed by atoms with Gasteiger partial charge < -0.3 is 4.74 Å². The van der Waals surface area contributed by atoms with Gasteiger partial charge in [-0.3, -0.25) is 0 Å². The number of halogens is 3. The number of hydrogen-bond donors (Lipinski definition) is 0. The Morgan fingerprint density at radius 1 is 0.958 bits per heavy atom. The van der Waals surface area contributed by atoms with Crippen LogP contribution in [-0.2, 0) is 10.9 Å². The molecule has 0 saturated heterocycles. The van der Waals surface area contributed by atoms with Crippen molar-refractivity contribution in [2.75, 3.05) is 6.61 Å². The molecule has 0 atom stereocenters. The molecule has 136 valence electrons. The number of ether oxygens (including phenoxy) is 1. The number of esters is 1. The summed E-state index contributed by atoms with van der Waals surface area (Å²) in [5.74, 6) is -0.694. The van der Waals surface area contributed by atoms with Gasteiger partial charge in [0.25, 0.3) is 0 Å². The molecular formula is C19H27F3O2. The number of carbonyl (C=O) groups excluding carboxylic acids is 1. The van der Waals surface area contributed by atoms with Crippen molar-refractivity contribution in [2.45, 2.75) is 70.9 Å². The first-order chi connectivity index (χ1) is 11.4. The molecule has 0 aliphatic heterocycles. The van der Waals surface area contributed by atoms with Gasteiger partial charge in [-0.1, -0.05) is 64.4 Å². The lowest BCUT2D eigenvalue weighted by Crippen LogP contribution is -2.10. The van der Waals surface area contributed by atoms with Crippen molar-refractivity contribution in [1.82, 2.24) is 0 Å².